The molecule has 1 aromatic heterocycles. The van der Waals surface area contributed by atoms with E-state index in [1.54, 1.807) is 12.3 Å². The van der Waals surface area contributed by atoms with E-state index in [1.165, 1.54) is 0 Å². The normalized spacial score (nSPS) is 10.7. The summed E-state index contributed by atoms with van der Waals surface area (Å²) in [5.41, 5.74) is 1.43. The maximum atomic E-state index is 12.6. The molecule has 0 atom stereocenters. The highest BCUT2D eigenvalue weighted by atomic mass is 127. The molecule has 0 aliphatic heterocycles. The van der Waals surface area contributed by atoms with E-state index in [9.17, 15) is 9.59 Å². The molecule has 0 bridgehead atoms. The molecule has 1 heterocycles. The van der Waals surface area contributed by atoms with E-state index >= 15 is 0 Å². The number of hydrogen-bond donors (Lipinski definition) is 1. The smallest absolute Gasteiger partial charge is 0.261 e. The molecule has 0 spiro atoms. The molecule has 3 rings (SSSR count). The van der Waals surface area contributed by atoms with Crippen molar-refractivity contribution < 1.29 is 4.79 Å². The summed E-state index contributed by atoms with van der Waals surface area (Å²) >= 11 is 2.20. The lowest BCUT2D eigenvalue weighted by Gasteiger charge is -2.11. The van der Waals surface area contributed by atoms with Gasteiger partial charge in [-0.15, -0.1) is 0 Å². The van der Waals surface area contributed by atoms with Crippen molar-refractivity contribution in [3.63, 3.8) is 0 Å². The number of hydrogen-bond acceptors (Lipinski definition) is 2. The second kappa shape index (κ2) is 6.54. The Morgan fingerprint density at radius 1 is 1.13 bits per heavy atom. The molecule has 5 heteroatoms. The Bertz CT molecular complexity index is 930. The van der Waals surface area contributed by atoms with Gasteiger partial charge in [0, 0.05) is 27.4 Å². The first-order valence-electron chi connectivity index (χ1n) is 7.29. The minimum atomic E-state index is -0.385. The third-order valence-corrected chi connectivity index (χ3v) is 4.39. The van der Waals surface area contributed by atoms with Crippen LogP contribution in [-0.2, 0) is 6.54 Å². The summed E-state index contributed by atoms with van der Waals surface area (Å²) in [4.78, 5) is 25.1. The molecule has 0 radical (unpaired) electrons. The Balaban J connectivity index is 2.05. The molecule has 23 heavy (non-hydrogen) atoms. The maximum Gasteiger partial charge on any atom is 0.261 e. The number of carbonyl (C=O) groups excluding carboxylic acids is 1. The van der Waals surface area contributed by atoms with Gasteiger partial charge < -0.3 is 9.88 Å². The van der Waals surface area contributed by atoms with Crippen LogP contribution in [0.3, 0.4) is 0 Å². The van der Waals surface area contributed by atoms with E-state index < -0.39 is 0 Å². The van der Waals surface area contributed by atoms with Crippen molar-refractivity contribution in [2.75, 3.05) is 5.32 Å². The van der Waals surface area contributed by atoms with Crippen molar-refractivity contribution in [1.29, 1.82) is 0 Å². The molecule has 2 aromatic carbocycles. The third kappa shape index (κ3) is 3.14. The van der Waals surface area contributed by atoms with Crippen molar-refractivity contribution in [1.82, 2.24) is 4.57 Å². The number of fused-ring (bicyclic) bond motifs is 1. The molecule has 1 amide bonds. The van der Waals surface area contributed by atoms with Crippen molar-refractivity contribution in [3.05, 3.63) is 74.1 Å². The zero-order valence-electron chi connectivity index (χ0n) is 12.5. The first kappa shape index (κ1) is 15.7. The van der Waals surface area contributed by atoms with Crippen LogP contribution in [0, 0.1) is 3.57 Å². The van der Waals surface area contributed by atoms with Gasteiger partial charge in [-0.3, -0.25) is 9.59 Å². The van der Waals surface area contributed by atoms with Gasteiger partial charge in [-0.1, -0.05) is 12.1 Å². The second-order valence-electron chi connectivity index (χ2n) is 5.14. The van der Waals surface area contributed by atoms with Crippen molar-refractivity contribution in [2.24, 2.45) is 0 Å². The van der Waals surface area contributed by atoms with E-state index in [1.807, 2.05) is 54.0 Å². The number of anilines is 1. The number of para-hydroxylation sites is 1. The molecule has 0 saturated carbocycles. The van der Waals surface area contributed by atoms with Gasteiger partial charge in [-0.2, -0.15) is 0 Å². The summed E-state index contributed by atoms with van der Waals surface area (Å²) in [6, 6.07) is 14.8. The number of nitrogens with one attached hydrogen (secondary N) is 1. The summed E-state index contributed by atoms with van der Waals surface area (Å²) in [5, 5.41) is 3.35. The quantitative estimate of drug-likeness (QED) is 0.657. The van der Waals surface area contributed by atoms with Crippen LogP contribution >= 0.6 is 22.6 Å². The molecule has 4 nitrogen and oxygen atoms in total. The largest absolute Gasteiger partial charge is 0.347 e. The zero-order valence-corrected chi connectivity index (χ0v) is 14.7. The second-order valence-corrected chi connectivity index (χ2v) is 6.38. The van der Waals surface area contributed by atoms with E-state index in [4.69, 9.17) is 0 Å². The lowest BCUT2D eigenvalue weighted by Crippen LogP contribution is -2.23. The topological polar surface area (TPSA) is 51.1 Å². The van der Waals surface area contributed by atoms with Crippen molar-refractivity contribution in [2.45, 2.75) is 13.5 Å². The fourth-order valence-corrected chi connectivity index (χ4v) is 2.86. The van der Waals surface area contributed by atoms with Gasteiger partial charge in [0.1, 0.15) is 5.56 Å². The molecular weight excluding hydrogens is 403 g/mol. The van der Waals surface area contributed by atoms with Gasteiger partial charge in [-0.05, 0) is 65.9 Å². The van der Waals surface area contributed by atoms with Crippen LogP contribution < -0.4 is 10.7 Å². The molecule has 1 N–H and O–H groups in total. The number of aryl methyl sites for hydroxylation is 1. The van der Waals surface area contributed by atoms with Gasteiger partial charge in [0.2, 0.25) is 5.43 Å². The van der Waals surface area contributed by atoms with Crippen LogP contribution in [-0.4, -0.2) is 10.5 Å². The summed E-state index contributed by atoms with van der Waals surface area (Å²) in [5.74, 6) is -0.385. The highest BCUT2D eigenvalue weighted by Gasteiger charge is 2.15. The third-order valence-electron chi connectivity index (χ3n) is 3.68. The number of aromatic nitrogens is 1. The first-order valence-corrected chi connectivity index (χ1v) is 8.37. The average molecular weight is 418 g/mol. The highest BCUT2D eigenvalue weighted by Crippen LogP contribution is 2.14. The molecule has 0 aliphatic rings. The average Bonchev–Trinajstić information content (AvgIpc) is 2.57. The van der Waals surface area contributed by atoms with Crippen LogP contribution in [0.25, 0.3) is 10.9 Å². The van der Waals surface area contributed by atoms with Gasteiger partial charge in [0.15, 0.2) is 0 Å². The SMILES string of the molecule is CCn1cc(C(=O)Nc2ccc(I)cc2)c(=O)c2ccccc21. The maximum absolute atomic E-state index is 12.6. The number of carbonyl (C=O) groups is 1. The Labute approximate surface area is 147 Å². The van der Waals surface area contributed by atoms with Crippen molar-refractivity contribution in [3.8, 4) is 0 Å². The predicted molar refractivity (Wildman–Crippen MR) is 101 cm³/mol. The Kier molecular flexibility index (Phi) is 4.47. The molecule has 116 valence electrons. The van der Waals surface area contributed by atoms with Crippen molar-refractivity contribution >= 4 is 45.1 Å². The Morgan fingerprint density at radius 2 is 1.83 bits per heavy atom. The first-order chi connectivity index (χ1) is 11.1. The monoisotopic (exact) mass is 418 g/mol. The number of amides is 1. The lowest BCUT2D eigenvalue weighted by atomic mass is 10.1. The minimum Gasteiger partial charge on any atom is -0.347 e. The zero-order chi connectivity index (χ0) is 16.4. The number of rotatable bonds is 3. The molecule has 3 aromatic rings. The number of nitrogens with zero attached hydrogens (tertiary/aromatic N) is 1. The van der Waals surface area contributed by atoms with Crippen LogP contribution in [0.1, 0.15) is 17.3 Å². The van der Waals surface area contributed by atoms with Crippen LogP contribution in [0.15, 0.2) is 59.5 Å². The van der Waals surface area contributed by atoms with Crippen LogP contribution in [0.2, 0.25) is 0 Å². The molecule has 0 fully saturated rings. The highest BCUT2D eigenvalue weighted by molar-refractivity contribution is 14.1. The summed E-state index contributed by atoms with van der Waals surface area (Å²) in [7, 11) is 0. The predicted octanol–water partition coefficient (Wildman–Crippen LogP) is 3.88. The summed E-state index contributed by atoms with van der Waals surface area (Å²) < 4.78 is 3.00. The molecule has 0 unspecified atom stereocenters. The van der Waals surface area contributed by atoms with E-state index in [-0.39, 0.29) is 16.9 Å². The van der Waals surface area contributed by atoms with E-state index in [0.29, 0.717) is 17.6 Å². The van der Waals surface area contributed by atoms with Crippen LogP contribution in [0.4, 0.5) is 5.69 Å². The lowest BCUT2D eigenvalue weighted by molar-refractivity contribution is 0.102. The number of benzene rings is 2. The van der Waals surface area contributed by atoms with Crippen LogP contribution in [0.5, 0.6) is 0 Å². The van der Waals surface area contributed by atoms with E-state index in [2.05, 4.69) is 27.9 Å². The summed E-state index contributed by atoms with van der Waals surface area (Å²) in [6.07, 6.45) is 1.63. The fraction of sp³-hybridized carbons (Fsp3) is 0.111. The van der Waals surface area contributed by atoms with Gasteiger partial charge in [0.05, 0.1) is 5.52 Å². The number of pyridine rings is 1. The Hall–Kier alpha value is -2.15. The number of halogens is 1. The minimum absolute atomic E-state index is 0.157. The molecule has 0 aliphatic carbocycles. The standard InChI is InChI=1S/C18H15IN2O2/c1-2-21-11-15(17(22)14-5-3-4-6-16(14)21)18(23)20-13-9-7-12(19)8-10-13/h3-11H,2H2,1H3,(H,20,23). The fourth-order valence-electron chi connectivity index (χ4n) is 2.50. The Morgan fingerprint density at radius 3 is 2.52 bits per heavy atom. The van der Waals surface area contributed by atoms with E-state index in [0.717, 1.165) is 9.09 Å². The van der Waals surface area contributed by atoms with Gasteiger partial charge in [0.25, 0.3) is 5.91 Å². The summed E-state index contributed by atoms with van der Waals surface area (Å²) in [6.45, 7) is 2.67. The van der Waals surface area contributed by atoms with Gasteiger partial charge in [-0.25, -0.2) is 0 Å². The molecule has 0 saturated heterocycles. The van der Waals surface area contributed by atoms with Gasteiger partial charge >= 0.3 is 0 Å². The molecular formula is C18H15IN2O2.